The van der Waals surface area contributed by atoms with Gasteiger partial charge in [-0.05, 0) is 38.1 Å². The number of carbonyl (C=O) groups excluding carboxylic acids is 1. The molecule has 2 aromatic carbocycles. The minimum absolute atomic E-state index is 0.00847. The summed E-state index contributed by atoms with van der Waals surface area (Å²) in [5.74, 6) is -0.00847. The van der Waals surface area contributed by atoms with Gasteiger partial charge >= 0.3 is 0 Å². The number of hydrogen-bond donors (Lipinski definition) is 0. The van der Waals surface area contributed by atoms with Crippen molar-refractivity contribution in [2.24, 2.45) is 0 Å². The molecule has 0 spiro atoms. The van der Waals surface area contributed by atoms with Crippen molar-refractivity contribution in [3.8, 4) is 0 Å². The summed E-state index contributed by atoms with van der Waals surface area (Å²) in [4.78, 5) is 30.6. The van der Waals surface area contributed by atoms with E-state index in [9.17, 15) is 9.59 Å². The van der Waals surface area contributed by atoms with Gasteiger partial charge in [-0.3, -0.25) is 14.2 Å². The van der Waals surface area contributed by atoms with Gasteiger partial charge in [0.05, 0.1) is 28.8 Å². The smallest absolute Gasteiger partial charge is 0.262 e. The molecule has 3 aromatic rings. The predicted octanol–water partition coefficient (Wildman–Crippen LogP) is 4.73. The fraction of sp³-hybridized carbons (Fsp3) is 0.286. The number of aromatic nitrogens is 2. The van der Waals surface area contributed by atoms with Gasteiger partial charge in [-0.25, -0.2) is 4.98 Å². The lowest BCUT2D eigenvalue weighted by Gasteiger charge is -2.20. The zero-order valence-electron chi connectivity index (χ0n) is 15.9. The molecule has 0 aliphatic heterocycles. The van der Waals surface area contributed by atoms with Crippen LogP contribution in [-0.4, -0.2) is 34.3 Å². The highest BCUT2D eigenvalue weighted by Gasteiger charge is 2.22. The van der Waals surface area contributed by atoms with Crippen molar-refractivity contribution in [3.05, 3.63) is 68.9 Å². The lowest BCUT2D eigenvalue weighted by atomic mass is 10.1. The third-order valence-corrected chi connectivity index (χ3v) is 6.00. The molecule has 28 heavy (non-hydrogen) atoms. The van der Waals surface area contributed by atoms with Crippen molar-refractivity contribution in [1.82, 2.24) is 9.55 Å². The first-order chi connectivity index (χ1) is 13.4. The van der Waals surface area contributed by atoms with E-state index in [4.69, 9.17) is 4.74 Å². The summed E-state index contributed by atoms with van der Waals surface area (Å²) in [5, 5.41) is 0.683. The number of carbonyl (C=O) groups is 1. The first kappa shape index (κ1) is 20.8. The van der Waals surface area contributed by atoms with Crippen LogP contribution in [0.2, 0.25) is 0 Å². The highest BCUT2D eigenvalue weighted by molar-refractivity contribution is 9.10. The second-order valence-electron chi connectivity index (χ2n) is 6.52. The van der Waals surface area contributed by atoms with Crippen molar-refractivity contribution in [2.75, 3.05) is 13.7 Å². The van der Waals surface area contributed by atoms with Crippen LogP contribution in [0.15, 0.2) is 63.0 Å². The van der Waals surface area contributed by atoms with Crippen LogP contribution >= 0.6 is 27.7 Å². The van der Waals surface area contributed by atoms with E-state index in [2.05, 4.69) is 20.9 Å². The van der Waals surface area contributed by atoms with E-state index in [1.54, 1.807) is 29.9 Å². The normalized spacial score (nSPS) is 13.4. The molecular weight excluding hydrogens is 440 g/mol. The molecule has 146 valence electrons. The zero-order chi connectivity index (χ0) is 20.3. The molecule has 2 atom stereocenters. The molecule has 0 aliphatic carbocycles. The maximum Gasteiger partial charge on any atom is 0.262 e. The minimum Gasteiger partial charge on any atom is -0.383 e. The summed E-state index contributed by atoms with van der Waals surface area (Å²) in [7, 11) is 1.60. The molecule has 0 N–H and O–H groups in total. The Morgan fingerprint density at radius 2 is 1.86 bits per heavy atom. The van der Waals surface area contributed by atoms with Crippen molar-refractivity contribution in [1.29, 1.82) is 0 Å². The Kier molecular flexibility index (Phi) is 6.69. The van der Waals surface area contributed by atoms with Crippen LogP contribution in [0.3, 0.4) is 0 Å². The van der Waals surface area contributed by atoms with Crippen LogP contribution in [0.1, 0.15) is 30.2 Å². The number of hydrogen-bond acceptors (Lipinski definition) is 5. The number of ether oxygens (including phenoxy) is 1. The molecule has 7 heteroatoms. The molecule has 0 amide bonds. The molecule has 0 unspecified atom stereocenters. The Bertz CT molecular complexity index is 1050. The van der Waals surface area contributed by atoms with E-state index >= 15 is 0 Å². The summed E-state index contributed by atoms with van der Waals surface area (Å²) < 4.78 is 7.79. The fourth-order valence-corrected chi connectivity index (χ4v) is 4.32. The Hall–Kier alpha value is -1.96. The molecule has 1 heterocycles. The van der Waals surface area contributed by atoms with Gasteiger partial charge in [0, 0.05) is 17.1 Å². The second-order valence-corrected chi connectivity index (χ2v) is 8.75. The minimum atomic E-state index is -0.393. The van der Waals surface area contributed by atoms with Gasteiger partial charge < -0.3 is 4.74 Å². The third-order valence-electron chi connectivity index (χ3n) is 4.40. The van der Waals surface area contributed by atoms with Crippen LogP contribution in [0.4, 0.5) is 0 Å². The van der Waals surface area contributed by atoms with Gasteiger partial charge in [0.15, 0.2) is 10.9 Å². The third kappa shape index (κ3) is 4.37. The summed E-state index contributed by atoms with van der Waals surface area (Å²) in [6.07, 6.45) is 0. The van der Waals surface area contributed by atoms with Gasteiger partial charge in [0.25, 0.3) is 5.56 Å². The van der Waals surface area contributed by atoms with Crippen molar-refractivity contribution in [2.45, 2.75) is 30.3 Å². The maximum absolute atomic E-state index is 13.1. The van der Waals surface area contributed by atoms with Crippen molar-refractivity contribution in [3.63, 3.8) is 0 Å². The van der Waals surface area contributed by atoms with Crippen molar-refractivity contribution < 1.29 is 9.53 Å². The summed E-state index contributed by atoms with van der Waals surface area (Å²) in [6, 6.07) is 14.3. The van der Waals surface area contributed by atoms with Crippen LogP contribution in [-0.2, 0) is 4.74 Å². The number of Topliss-reactive ketones (excluding diaryl/α,β-unsaturated/α-hetero) is 1. The molecule has 0 saturated carbocycles. The van der Waals surface area contributed by atoms with E-state index in [1.165, 1.54) is 11.8 Å². The van der Waals surface area contributed by atoms with Crippen LogP contribution in [0.25, 0.3) is 10.9 Å². The SMILES string of the molecule is COC[C@H](C)n1c(S[C@@H](C)C(=O)c2ccc(Br)cc2)nc2ccccc2c1=O. The first-order valence-electron chi connectivity index (χ1n) is 8.89. The number of methoxy groups -OCH3 is 1. The number of benzene rings is 2. The highest BCUT2D eigenvalue weighted by Crippen LogP contribution is 2.27. The molecular formula is C21H21BrN2O3S. The van der Waals surface area contributed by atoms with E-state index in [-0.39, 0.29) is 17.4 Å². The molecule has 0 bridgehead atoms. The standard InChI is InChI=1S/C21H21BrN2O3S/c1-13(12-27-3)24-20(26)17-6-4-5-7-18(17)23-21(24)28-14(2)19(25)15-8-10-16(22)11-9-15/h4-11,13-14H,12H2,1-3H3/t13-,14-/m0/s1. The Morgan fingerprint density at radius 3 is 2.54 bits per heavy atom. The zero-order valence-corrected chi connectivity index (χ0v) is 18.3. The Morgan fingerprint density at radius 1 is 1.18 bits per heavy atom. The average Bonchev–Trinajstić information content (AvgIpc) is 2.68. The topological polar surface area (TPSA) is 61.2 Å². The predicted molar refractivity (Wildman–Crippen MR) is 116 cm³/mol. The number of rotatable bonds is 7. The van der Waals surface area contributed by atoms with E-state index in [1.807, 2.05) is 44.2 Å². The molecule has 5 nitrogen and oxygen atoms in total. The van der Waals surface area contributed by atoms with E-state index in [0.29, 0.717) is 28.2 Å². The summed E-state index contributed by atoms with van der Waals surface area (Å²) >= 11 is 4.68. The summed E-state index contributed by atoms with van der Waals surface area (Å²) in [6.45, 7) is 4.12. The highest BCUT2D eigenvalue weighted by atomic mass is 79.9. The Labute approximate surface area is 176 Å². The number of para-hydroxylation sites is 1. The lowest BCUT2D eigenvalue weighted by Crippen LogP contribution is -2.29. The number of ketones is 1. The quantitative estimate of drug-likeness (QED) is 0.289. The number of thioether (sulfide) groups is 1. The lowest BCUT2D eigenvalue weighted by molar-refractivity contribution is 0.0993. The largest absolute Gasteiger partial charge is 0.383 e. The Balaban J connectivity index is 2.00. The molecule has 1 aromatic heterocycles. The number of halogens is 1. The second kappa shape index (κ2) is 9.03. The fourth-order valence-electron chi connectivity index (χ4n) is 2.97. The van der Waals surface area contributed by atoms with Gasteiger partial charge in [0.2, 0.25) is 0 Å². The summed E-state index contributed by atoms with van der Waals surface area (Å²) in [5.41, 5.74) is 1.13. The van der Waals surface area contributed by atoms with E-state index in [0.717, 1.165) is 4.47 Å². The van der Waals surface area contributed by atoms with E-state index < -0.39 is 5.25 Å². The maximum atomic E-state index is 13.1. The van der Waals surface area contributed by atoms with Crippen molar-refractivity contribution >= 4 is 44.4 Å². The van der Waals surface area contributed by atoms with Crippen LogP contribution in [0, 0.1) is 0 Å². The number of nitrogens with zero attached hydrogens (tertiary/aromatic N) is 2. The molecule has 0 aliphatic rings. The molecule has 0 fully saturated rings. The van der Waals surface area contributed by atoms with Gasteiger partial charge in [-0.15, -0.1) is 0 Å². The van der Waals surface area contributed by atoms with Gasteiger partial charge in [-0.1, -0.05) is 52.0 Å². The molecule has 0 saturated heterocycles. The van der Waals surface area contributed by atoms with Crippen LogP contribution < -0.4 is 5.56 Å². The van der Waals surface area contributed by atoms with Gasteiger partial charge in [0.1, 0.15) is 0 Å². The first-order valence-corrected chi connectivity index (χ1v) is 10.6. The van der Waals surface area contributed by atoms with Crippen LogP contribution in [0.5, 0.6) is 0 Å². The monoisotopic (exact) mass is 460 g/mol. The average molecular weight is 461 g/mol. The molecule has 0 radical (unpaired) electrons. The molecule has 3 rings (SSSR count). The number of fused-ring (bicyclic) bond motifs is 1. The van der Waals surface area contributed by atoms with Gasteiger partial charge in [-0.2, -0.15) is 0 Å².